The fourth-order valence-electron chi connectivity index (χ4n) is 5.02. The lowest BCUT2D eigenvalue weighted by Gasteiger charge is -2.38. The third-order valence-corrected chi connectivity index (χ3v) is 6.88. The molecule has 6 rings (SSSR count). The zero-order valence-corrected chi connectivity index (χ0v) is 19.5. The molecule has 2 amide bonds. The number of benzene rings is 2. The van der Waals surface area contributed by atoms with E-state index in [1.165, 1.54) is 12.1 Å². The van der Waals surface area contributed by atoms with E-state index in [-0.39, 0.29) is 24.1 Å². The summed E-state index contributed by atoms with van der Waals surface area (Å²) in [6.07, 6.45) is 4.03. The van der Waals surface area contributed by atoms with Crippen LogP contribution in [0.5, 0.6) is 5.75 Å². The Bertz CT molecular complexity index is 1470. The van der Waals surface area contributed by atoms with Gasteiger partial charge in [-0.3, -0.25) is 9.78 Å². The van der Waals surface area contributed by atoms with Gasteiger partial charge in [-0.1, -0.05) is 18.2 Å². The standard InChI is InChI=1S/C27H24FN5O3/c28-21-3-1-2-18(11-21)24-13-22(34)6-7-33(24)27(35)32-8-9-36-25-5-4-17(10-20(25)15-32)19-12-23-26(29-14-19)31-16-30-23/h1-5,10-12,14,16,24H,6-9,13,15H2,(H,29,30,31)/p+1. The molecule has 9 heteroatoms. The Labute approximate surface area is 206 Å². The van der Waals surface area contributed by atoms with E-state index < -0.39 is 6.04 Å². The molecule has 2 aromatic carbocycles. The highest BCUT2D eigenvalue weighted by atomic mass is 19.1. The van der Waals surface area contributed by atoms with Gasteiger partial charge in [-0.25, -0.2) is 14.2 Å². The first-order valence-corrected chi connectivity index (χ1v) is 12.0. The lowest BCUT2D eigenvalue weighted by molar-refractivity contribution is -0.347. The Morgan fingerprint density at radius 2 is 2.06 bits per heavy atom. The van der Waals surface area contributed by atoms with Crippen LogP contribution < -0.4 is 9.72 Å². The van der Waals surface area contributed by atoms with E-state index in [4.69, 9.17) is 4.74 Å². The largest absolute Gasteiger partial charge is 0.491 e. The number of amides is 2. The zero-order chi connectivity index (χ0) is 24.6. The number of likely N-dealkylation sites (tertiary alicyclic amines) is 1. The molecule has 1 saturated heterocycles. The van der Waals surface area contributed by atoms with Crippen molar-refractivity contribution in [3.63, 3.8) is 0 Å². The van der Waals surface area contributed by atoms with Crippen molar-refractivity contribution in [2.75, 3.05) is 19.7 Å². The number of rotatable bonds is 2. The maximum absolute atomic E-state index is 13.9. The van der Waals surface area contributed by atoms with Gasteiger partial charge in [0.15, 0.2) is 11.8 Å². The van der Waals surface area contributed by atoms with Crippen molar-refractivity contribution in [3.05, 3.63) is 78.0 Å². The number of ketones is 1. The number of nitrogens with zero attached hydrogens (tertiary/aromatic N) is 3. The molecule has 0 spiro atoms. The van der Waals surface area contributed by atoms with Crippen LogP contribution in [0.2, 0.25) is 0 Å². The number of fused-ring (bicyclic) bond motifs is 2. The van der Waals surface area contributed by atoms with Crippen LogP contribution in [0.4, 0.5) is 9.18 Å². The first-order chi connectivity index (χ1) is 17.5. The topological polar surface area (TPSA) is 92.7 Å². The van der Waals surface area contributed by atoms with Gasteiger partial charge in [0.1, 0.15) is 30.2 Å². The zero-order valence-electron chi connectivity index (χ0n) is 19.5. The number of carbonyl (C=O) groups excluding carboxylic acids is 2. The summed E-state index contributed by atoms with van der Waals surface area (Å²) in [5.74, 6) is 0.437. The van der Waals surface area contributed by atoms with E-state index in [0.717, 1.165) is 33.6 Å². The minimum absolute atomic E-state index is 0.0766. The Balaban J connectivity index is 1.28. The number of ether oxygens (including phenoxy) is 1. The molecular weight excluding hydrogens is 461 g/mol. The van der Waals surface area contributed by atoms with Crippen LogP contribution in [0, 0.1) is 5.82 Å². The Hall–Kier alpha value is -4.27. The summed E-state index contributed by atoms with van der Waals surface area (Å²) in [5.41, 5.74) is 5.13. The van der Waals surface area contributed by atoms with Crippen molar-refractivity contribution >= 4 is 23.0 Å². The second-order valence-electron chi connectivity index (χ2n) is 9.19. The third kappa shape index (κ3) is 4.17. The van der Waals surface area contributed by atoms with Crippen LogP contribution in [-0.4, -0.2) is 51.3 Å². The van der Waals surface area contributed by atoms with Gasteiger partial charge in [0.25, 0.3) is 5.65 Å². The molecule has 0 saturated carbocycles. The van der Waals surface area contributed by atoms with Crippen LogP contribution in [-0.2, 0) is 11.3 Å². The fraction of sp³-hybridized carbons (Fsp3) is 0.259. The molecule has 36 heavy (non-hydrogen) atoms. The Morgan fingerprint density at radius 3 is 2.94 bits per heavy atom. The molecule has 182 valence electrons. The molecule has 0 aliphatic carbocycles. The van der Waals surface area contributed by atoms with E-state index >= 15 is 0 Å². The molecule has 4 aromatic rings. The molecule has 2 aliphatic heterocycles. The van der Waals surface area contributed by atoms with Crippen LogP contribution in [0.3, 0.4) is 0 Å². The number of H-pyrrole nitrogens is 2. The number of urea groups is 1. The fourth-order valence-corrected chi connectivity index (χ4v) is 5.02. The predicted octanol–water partition coefficient (Wildman–Crippen LogP) is 3.90. The van der Waals surface area contributed by atoms with Crippen molar-refractivity contribution in [2.45, 2.75) is 25.4 Å². The van der Waals surface area contributed by atoms with Crippen LogP contribution >= 0.6 is 0 Å². The molecule has 2 aromatic heterocycles. The molecule has 0 bridgehead atoms. The van der Waals surface area contributed by atoms with Crippen LogP contribution in [0.25, 0.3) is 22.3 Å². The van der Waals surface area contributed by atoms with Gasteiger partial charge in [0.05, 0.1) is 19.1 Å². The number of aromatic amines is 2. The smallest absolute Gasteiger partial charge is 0.320 e. The van der Waals surface area contributed by atoms with E-state index in [1.807, 2.05) is 30.5 Å². The molecule has 0 radical (unpaired) electrons. The monoisotopic (exact) mass is 486 g/mol. The molecule has 1 atom stereocenters. The molecule has 1 fully saturated rings. The van der Waals surface area contributed by atoms with E-state index in [0.29, 0.717) is 38.2 Å². The molecular formula is C27H25FN5O3+. The molecule has 4 heterocycles. The SMILES string of the molecule is O=C1CCN(C(=O)N2CCOc3ccc(-c4cnc5[nH+]c[nH]c5c4)cc3C2)C(c2cccc(F)c2)C1. The normalized spacial score (nSPS) is 18.0. The number of halogens is 1. The number of carbonyl (C=O) groups is 2. The minimum atomic E-state index is -0.486. The molecule has 2 N–H and O–H groups in total. The Morgan fingerprint density at radius 1 is 1.14 bits per heavy atom. The van der Waals surface area contributed by atoms with Gasteiger partial charge >= 0.3 is 6.03 Å². The number of imidazole rings is 1. The van der Waals surface area contributed by atoms with Crippen molar-refractivity contribution < 1.29 is 23.7 Å². The summed E-state index contributed by atoms with van der Waals surface area (Å²) >= 11 is 0. The van der Waals surface area contributed by atoms with Crippen molar-refractivity contribution in [1.82, 2.24) is 19.8 Å². The lowest BCUT2D eigenvalue weighted by atomic mass is 9.94. The molecule has 8 nitrogen and oxygen atoms in total. The van der Waals surface area contributed by atoms with E-state index in [2.05, 4.69) is 15.0 Å². The maximum Gasteiger partial charge on any atom is 0.320 e. The number of Topliss-reactive ketones (excluding diaryl/α,β-unsaturated/α-hetero) is 1. The highest BCUT2D eigenvalue weighted by Crippen LogP contribution is 2.33. The predicted molar refractivity (Wildman–Crippen MR) is 129 cm³/mol. The van der Waals surface area contributed by atoms with Crippen LogP contribution in [0.15, 0.2) is 61.1 Å². The lowest BCUT2D eigenvalue weighted by Crippen LogP contribution is -2.48. The average molecular weight is 487 g/mol. The number of aromatic nitrogens is 3. The number of pyridine rings is 1. The van der Waals surface area contributed by atoms with Gasteiger partial charge in [-0.15, -0.1) is 4.98 Å². The van der Waals surface area contributed by atoms with Crippen LogP contribution in [0.1, 0.15) is 30.0 Å². The first-order valence-electron chi connectivity index (χ1n) is 12.0. The molecule has 2 aliphatic rings. The highest BCUT2D eigenvalue weighted by molar-refractivity contribution is 5.84. The summed E-state index contributed by atoms with van der Waals surface area (Å²) in [5, 5.41) is 0. The number of piperidine rings is 1. The molecule has 1 unspecified atom stereocenters. The second kappa shape index (κ2) is 9.07. The van der Waals surface area contributed by atoms with Crippen molar-refractivity contribution in [2.24, 2.45) is 0 Å². The quantitative estimate of drug-likeness (QED) is 0.465. The summed E-state index contributed by atoms with van der Waals surface area (Å²) in [7, 11) is 0. The van der Waals surface area contributed by atoms with Gasteiger partial charge in [-0.2, -0.15) is 0 Å². The number of hydrogen-bond donors (Lipinski definition) is 1. The van der Waals surface area contributed by atoms with Crippen molar-refractivity contribution in [1.29, 1.82) is 0 Å². The maximum atomic E-state index is 13.9. The summed E-state index contributed by atoms with van der Waals surface area (Å²) in [4.78, 5) is 40.1. The minimum Gasteiger partial charge on any atom is -0.491 e. The summed E-state index contributed by atoms with van der Waals surface area (Å²) in [6.45, 7) is 1.45. The van der Waals surface area contributed by atoms with Gasteiger partial charge < -0.3 is 14.5 Å². The average Bonchev–Trinajstić information content (AvgIpc) is 3.26. The van der Waals surface area contributed by atoms with Gasteiger partial charge in [-0.05, 0) is 41.5 Å². The van der Waals surface area contributed by atoms with Gasteiger partial charge in [0, 0.05) is 30.5 Å². The van der Waals surface area contributed by atoms with E-state index in [9.17, 15) is 14.0 Å². The highest BCUT2D eigenvalue weighted by Gasteiger charge is 2.35. The van der Waals surface area contributed by atoms with E-state index in [1.54, 1.807) is 28.3 Å². The van der Waals surface area contributed by atoms with Gasteiger partial charge in [0.2, 0.25) is 0 Å². The summed E-state index contributed by atoms with van der Waals surface area (Å²) < 4.78 is 19.9. The first kappa shape index (κ1) is 22.2. The second-order valence-corrected chi connectivity index (χ2v) is 9.19. The van der Waals surface area contributed by atoms with Crippen molar-refractivity contribution in [3.8, 4) is 16.9 Å². The number of hydrogen-bond acceptors (Lipinski definition) is 4. The Kier molecular flexibility index (Phi) is 5.59. The summed E-state index contributed by atoms with van der Waals surface area (Å²) in [6, 6.07) is 13.5. The number of nitrogens with one attached hydrogen (secondary N) is 2. The third-order valence-electron chi connectivity index (χ3n) is 6.88.